The quantitative estimate of drug-likeness (QED) is 0.808. The number of sulfonamides is 1. The van der Waals surface area contributed by atoms with E-state index >= 15 is 0 Å². The number of nitrogens with two attached hydrogens (primary N) is 1. The molecule has 1 aromatic rings. The summed E-state index contributed by atoms with van der Waals surface area (Å²) in [6.45, 7) is 0.293. The van der Waals surface area contributed by atoms with Crippen LogP contribution in [0.1, 0.15) is 29.8 Å². The average molecular weight is 302 g/mol. The highest BCUT2D eigenvalue weighted by Crippen LogP contribution is 2.21. The van der Waals surface area contributed by atoms with E-state index in [4.69, 9.17) is 14.7 Å². The van der Waals surface area contributed by atoms with Crippen LogP contribution < -0.4 is 5.14 Å². The number of carboxylic acid groups (broad SMARTS) is 1. The van der Waals surface area contributed by atoms with Gasteiger partial charge in [-0.05, 0) is 31.4 Å². The van der Waals surface area contributed by atoms with Crippen LogP contribution in [0, 0.1) is 0 Å². The van der Waals surface area contributed by atoms with Crippen molar-refractivity contribution in [3.8, 4) is 0 Å². The molecule has 0 spiro atoms. The molecular weight excluding hydrogens is 288 g/mol. The van der Waals surface area contributed by atoms with Crippen LogP contribution in [0.5, 0.6) is 0 Å². The average Bonchev–Trinajstić information content (AvgIpc) is 2.87. The number of hydrogen-bond donors (Lipinski definition) is 2. The normalized spacial score (nSPS) is 19.9. The molecule has 20 heavy (non-hydrogen) atoms. The Morgan fingerprint density at radius 1 is 1.35 bits per heavy atom. The van der Waals surface area contributed by atoms with Crippen molar-refractivity contribution in [2.75, 3.05) is 6.54 Å². The number of piperidine rings is 1. The largest absolute Gasteiger partial charge is 0.480 e. The van der Waals surface area contributed by atoms with Gasteiger partial charge in [0.1, 0.15) is 6.04 Å². The number of carboxylic acids is 1. The number of amides is 1. The molecule has 2 heterocycles. The highest BCUT2D eigenvalue weighted by atomic mass is 32.2. The van der Waals surface area contributed by atoms with E-state index in [1.165, 1.54) is 11.0 Å². The molecule has 1 unspecified atom stereocenters. The van der Waals surface area contributed by atoms with Gasteiger partial charge in [-0.1, -0.05) is 0 Å². The summed E-state index contributed by atoms with van der Waals surface area (Å²) in [5.74, 6) is -1.97. The molecule has 1 amide bonds. The molecule has 1 atom stereocenters. The molecule has 1 aliphatic rings. The third kappa shape index (κ3) is 2.83. The summed E-state index contributed by atoms with van der Waals surface area (Å²) in [5, 5.41) is 13.5. The first-order chi connectivity index (χ1) is 9.30. The molecule has 0 saturated carbocycles. The highest BCUT2D eigenvalue weighted by Gasteiger charge is 2.34. The Labute approximate surface area is 115 Å². The first-order valence-electron chi connectivity index (χ1n) is 5.97. The Bertz CT molecular complexity index is 635. The van der Waals surface area contributed by atoms with Gasteiger partial charge < -0.3 is 14.4 Å². The Balaban J connectivity index is 2.26. The lowest BCUT2D eigenvalue weighted by Crippen LogP contribution is -2.47. The summed E-state index contributed by atoms with van der Waals surface area (Å²) in [7, 11) is -4.03. The lowest BCUT2D eigenvalue weighted by atomic mass is 10.0. The fraction of sp³-hybridized carbons (Fsp3) is 0.455. The molecule has 110 valence electrons. The van der Waals surface area contributed by atoms with Gasteiger partial charge in [-0.2, -0.15) is 0 Å². The molecule has 9 heteroatoms. The first kappa shape index (κ1) is 14.5. The molecule has 0 radical (unpaired) electrons. The van der Waals surface area contributed by atoms with E-state index in [0.29, 0.717) is 19.4 Å². The van der Waals surface area contributed by atoms with Crippen LogP contribution in [0.2, 0.25) is 0 Å². The van der Waals surface area contributed by atoms with Gasteiger partial charge >= 0.3 is 5.97 Å². The number of primary sulfonamides is 1. The van der Waals surface area contributed by atoms with Crippen LogP contribution in [0.25, 0.3) is 0 Å². The maximum absolute atomic E-state index is 12.2. The maximum Gasteiger partial charge on any atom is 0.326 e. The summed E-state index contributed by atoms with van der Waals surface area (Å²) in [6, 6.07) is 1.33. The molecule has 0 aliphatic carbocycles. The van der Waals surface area contributed by atoms with Gasteiger partial charge in [0.15, 0.2) is 5.76 Å². The zero-order chi connectivity index (χ0) is 14.9. The van der Waals surface area contributed by atoms with Gasteiger partial charge in [0.05, 0.1) is 0 Å². The summed E-state index contributed by atoms with van der Waals surface area (Å²) >= 11 is 0. The van der Waals surface area contributed by atoms with Gasteiger partial charge in [-0.3, -0.25) is 4.79 Å². The summed E-state index contributed by atoms with van der Waals surface area (Å²) in [4.78, 5) is 24.5. The summed E-state index contributed by atoms with van der Waals surface area (Å²) in [6.07, 6.45) is 1.78. The first-order valence-corrected chi connectivity index (χ1v) is 7.52. The van der Waals surface area contributed by atoms with E-state index in [0.717, 1.165) is 12.5 Å². The molecule has 3 N–H and O–H groups in total. The van der Waals surface area contributed by atoms with Crippen molar-refractivity contribution in [3.63, 3.8) is 0 Å². The minimum atomic E-state index is -4.03. The van der Waals surface area contributed by atoms with Gasteiger partial charge in [0, 0.05) is 6.54 Å². The number of rotatable bonds is 3. The van der Waals surface area contributed by atoms with E-state index in [1.807, 2.05) is 0 Å². The fourth-order valence-corrected chi connectivity index (χ4v) is 2.62. The SMILES string of the molecule is NS(=O)(=O)c1ccc(C(=O)N2CCCCC2C(=O)O)o1. The van der Waals surface area contributed by atoms with Crippen LogP contribution in [0.4, 0.5) is 0 Å². The number of aliphatic carboxylic acids is 1. The number of likely N-dealkylation sites (tertiary alicyclic amines) is 1. The molecule has 8 nitrogen and oxygen atoms in total. The Kier molecular flexibility index (Phi) is 3.82. The standard InChI is InChI=1S/C11H14N2O6S/c12-20(17,18)9-5-4-8(19-9)10(14)13-6-2-1-3-7(13)11(15)16/h4-5,7H,1-3,6H2,(H,15,16)(H2,12,17,18). The molecular formula is C11H14N2O6S. The van der Waals surface area contributed by atoms with Crippen molar-refractivity contribution in [1.29, 1.82) is 0 Å². The summed E-state index contributed by atoms with van der Waals surface area (Å²) < 4.78 is 27.1. The van der Waals surface area contributed by atoms with E-state index in [-0.39, 0.29) is 5.76 Å². The van der Waals surface area contributed by atoms with E-state index in [9.17, 15) is 18.0 Å². The van der Waals surface area contributed by atoms with Gasteiger partial charge in [-0.25, -0.2) is 18.4 Å². The number of hydrogen-bond acceptors (Lipinski definition) is 5. The van der Waals surface area contributed by atoms with E-state index < -0.39 is 33.0 Å². The Hall–Kier alpha value is -1.87. The Morgan fingerprint density at radius 3 is 2.60 bits per heavy atom. The second-order valence-corrected chi connectivity index (χ2v) is 6.00. The predicted molar refractivity (Wildman–Crippen MR) is 66.4 cm³/mol. The highest BCUT2D eigenvalue weighted by molar-refractivity contribution is 7.89. The van der Waals surface area contributed by atoms with E-state index in [1.54, 1.807) is 0 Å². The number of nitrogens with zero attached hydrogens (tertiary/aromatic N) is 1. The van der Waals surface area contributed by atoms with Crippen molar-refractivity contribution in [2.24, 2.45) is 5.14 Å². The van der Waals surface area contributed by atoms with Gasteiger partial charge in [0.25, 0.3) is 15.9 Å². The lowest BCUT2D eigenvalue weighted by Gasteiger charge is -2.32. The molecule has 1 aromatic heterocycles. The zero-order valence-electron chi connectivity index (χ0n) is 10.5. The van der Waals surface area contributed by atoms with Crippen LogP contribution >= 0.6 is 0 Å². The third-order valence-corrected chi connectivity index (χ3v) is 3.90. The van der Waals surface area contributed by atoms with Crippen molar-refractivity contribution in [2.45, 2.75) is 30.4 Å². The molecule has 1 fully saturated rings. The fourth-order valence-electron chi connectivity index (χ4n) is 2.16. The predicted octanol–water partition coefficient (Wildman–Crippen LogP) is 0.00630. The zero-order valence-corrected chi connectivity index (χ0v) is 11.3. The number of carbonyl (C=O) groups excluding carboxylic acids is 1. The second-order valence-electron chi connectivity index (χ2n) is 4.51. The smallest absolute Gasteiger partial charge is 0.326 e. The lowest BCUT2D eigenvalue weighted by molar-refractivity contribution is -0.143. The minimum Gasteiger partial charge on any atom is -0.480 e. The van der Waals surface area contributed by atoms with Gasteiger partial charge in [-0.15, -0.1) is 0 Å². The second kappa shape index (κ2) is 5.25. The number of furan rings is 1. The molecule has 1 saturated heterocycles. The Morgan fingerprint density at radius 2 is 2.05 bits per heavy atom. The molecule has 1 aliphatic heterocycles. The van der Waals surface area contributed by atoms with E-state index in [2.05, 4.69) is 0 Å². The molecule has 0 aromatic carbocycles. The van der Waals surface area contributed by atoms with Crippen LogP contribution in [-0.2, 0) is 14.8 Å². The summed E-state index contributed by atoms with van der Waals surface area (Å²) in [5.41, 5.74) is 0. The molecule has 2 rings (SSSR count). The third-order valence-electron chi connectivity index (χ3n) is 3.12. The van der Waals surface area contributed by atoms with Crippen molar-refractivity contribution in [1.82, 2.24) is 4.90 Å². The number of carbonyl (C=O) groups is 2. The topological polar surface area (TPSA) is 131 Å². The van der Waals surface area contributed by atoms with Crippen LogP contribution in [0.3, 0.4) is 0 Å². The minimum absolute atomic E-state index is 0.234. The van der Waals surface area contributed by atoms with Crippen molar-refractivity contribution >= 4 is 21.9 Å². The molecule has 0 bridgehead atoms. The van der Waals surface area contributed by atoms with Crippen molar-refractivity contribution in [3.05, 3.63) is 17.9 Å². The maximum atomic E-state index is 12.2. The monoisotopic (exact) mass is 302 g/mol. The van der Waals surface area contributed by atoms with Crippen LogP contribution in [0.15, 0.2) is 21.6 Å². The van der Waals surface area contributed by atoms with Crippen molar-refractivity contribution < 1.29 is 27.5 Å². The van der Waals surface area contributed by atoms with Gasteiger partial charge in [0.2, 0.25) is 5.09 Å². The van der Waals surface area contributed by atoms with Crippen LogP contribution in [-0.4, -0.2) is 42.9 Å².